The summed E-state index contributed by atoms with van der Waals surface area (Å²) in [4.78, 5) is 22.9. The van der Waals surface area contributed by atoms with Crippen molar-refractivity contribution in [2.24, 2.45) is 47.3 Å². The Labute approximate surface area is 504 Å². The van der Waals surface area contributed by atoms with Crippen LogP contribution in [0.2, 0.25) is 0 Å². The number of hydrogen-bond donors (Lipinski definition) is 1. The fourth-order valence-electron chi connectivity index (χ4n) is 10.6. The molecule has 0 aromatic carbocycles. The van der Waals surface area contributed by atoms with Gasteiger partial charge in [0.05, 0.1) is 152 Å². The van der Waals surface area contributed by atoms with Gasteiger partial charge in [-0.25, -0.2) is 9.13 Å². The van der Waals surface area contributed by atoms with Crippen LogP contribution in [0.4, 0.5) is 0 Å². The normalized spacial score (nSPS) is 39.5. The van der Waals surface area contributed by atoms with E-state index in [4.69, 9.17) is 99.1 Å². The highest BCUT2D eigenvalue weighted by Crippen LogP contribution is 2.56. The SMILES string of the molecule is COCC1OC(C)C(C)C1OP(=O)(OCCC#N)OCC1OC(C)C(C)C1C=O.COCC1OC(C)C(C)C1OP(=O)(OCCC#N)OCC1OC(C)C(C)C1O.COCC1OC(C)C(C)C1OP(OCCC#N)OCC1OC(C)C(C)C1C=O. The van der Waals surface area contributed by atoms with Crippen molar-refractivity contribution < 1.29 is 107 Å². The number of rotatable bonds is 32. The summed E-state index contributed by atoms with van der Waals surface area (Å²) in [5.74, 6) is -0.498. The first-order valence-electron chi connectivity index (χ1n) is 29.4. The fraction of sp³-hybridized carbons (Fsp3) is 0.911. The van der Waals surface area contributed by atoms with Crippen LogP contribution in [0.5, 0.6) is 0 Å². The van der Waals surface area contributed by atoms with E-state index in [0.717, 1.165) is 12.6 Å². The Morgan fingerprint density at radius 2 is 0.776 bits per heavy atom. The lowest BCUT2D eigenvalue weighted by Gasteiger charge is -2.27. The van der Waals surface area contributed by atoms with E-state index in [2.05, 4.69) is 6.92 Å². The smallest absolute Gasteiger partial charge is 0.390 e. The first kappa shape index (κ1) is 75.4. The number of phosphoric ester groups is 2. The maximum absolute atomic E-state index is 13.3. The van der Waals surface area contributed by atoms with Crippen LogP contribution in [0.1, 0.15) is 102 Å². The maximum atomic E-state index is 13.3. The van der Waals surface area contributed by atoms with Crippen LogP contribution in [0, 0.1) is 81.3 Å². The molecule has 6 aliphatic rings. The molecule has 0 aromatic heterocycles. The van der Waals surface area contributed by atoms with Gasteiger partial charge in [-0.05, 0) is 53.4 Å². The van der Waals surface area contributed by atoms with Crippen LogP contribution in [0.15, 0.2) is 0 Å². The first-order valence-corrected chi connectivity index (χ1v) is 33.4. The monoisotopic (exact) mass is 1270 g/mol. The molecule has 1 N–H and O–H groups in total. The number of carbonyl (C=O) groups is 2. The van der Waals surface area contributed by atoms with Gasteiger partial charge in [0.25, 0.3) is 0 Å². The maximum Gasteiger partial charge on any atom is 0.475 e. The fourth-order valence-corrected chi connectivity index (χ4v) is 14.8. The molecular formula is C56H96N3O23P3. The summed E-state index contributed by atoms with van der Waals surface area (Å²) in [6, 6.07) is 5.90. The number of nitrogens with zero attached hydrogens (tertiary/aromatic N) is 3. The summed E-state index contributed by atoms with van der Waals surface area (Å²) in [6.45, 7) is 24.1. The van der Waals surface area contributed by atoms with Crippen molar-refractivity contribution in [1.29, 1.82) is 15.8 Å². The number of ether oxygens (including phenoxy) is 9. The second-order valence-corrected chi connectivity index (χ2v) is 27.1. The van der Waals surface area contributed by atoms with E-state index in [1.54, 1.807) is 21.3 Å². The zero-order valence-electron chi connectivity index (χ0n) is 52.1. The molecule has 27 atom stereocenters. The third-order valence-corrected chi connectivity index (χ3v) is 21.0. The lowest BCUT2D eigenvalue weighted by Crippen LogP contribution is -2.33. The van der Waals surface area contributed by atoms with Crippen molar-refractivity contribution in [3.05, 3.63) is 0 Å². The van der Waals surface area contributed by atoms with E-state index in [1.165, 1.54) is 0 Å². The van der Waals surface area contributed by atoms with E-state index in [-0.39, 0.29) is 174 Å². The zero-order valence-corrected chi connectivity index (χ0v) is 54.8. The highest BCUT2D eigenvalue weighted by molar-refractivity contribution is 7.48. The Bertz CT molecular complexity index is 2210. The minimum atomic E-state index is -4.03. The van der Waals surface area contributed by atoms with Crippen molar-refractivity contribution in [2.75, 3.05) is 80.8 Å². The van der Waals surface area contributed by atoms with Gasteiger partial charge in [-0.15, -0.1) is 0 Å². The molecule has 6 saturated heterocycles. The predicted molar refractivity (Wildman–Crippen MR) is 305 cm³/mol. The van der Waals surface area contributed by atoms with Crippen LogP contribution in [0.25, 0.3) is 0 Å². The Hall–Kier alpha value is -2.06. The third-order valence-electron chi connectivity index (χ3n) is 16.9. The van der Waals surface area contributed by atoms with Crippen molar-refractivity contribution in [1.82, 2.24) is 0 Å². The topological polar surface area (TPSA) is 326 Å². The largest absolute Gasteiger partial charge is 0.475 e. The molecule has 0 saturated carbocycles. The summed E-state index contributed by atoms with van der Waals surface area (Å²) in [7, 11) is -5.05. The van der Waals surface area contributed by atoms with Gasteiger partial charge >= 0.3 is 24.2 Å². The molecule has 0 spiro atoms. The van der Waals surface area contributed by atoms with Crippen molar-refractivity contribution >= 4 is 36.8 Å². The van der Waals surface area contributed by atoms with Gasteiger partial charge in [-0.3, -0.25) is 27.1 Å². The number of aliphatic hydroxyl groups excluding tert-OH is 1. The van der Waals surface area contributed by atoms with E-state index in [9.17, 15) is 23.8 Å². The van der Waals surface area contributed by atoms with Crippen molar-refractivity contribution in [3.8, 4) is 18.2 Å². The van der Waals surface area contributed by atoms with Gasteiger partial charge in [0.1, 0.15) is 55.3 Å². The zero-order chi connectivity index (χ0) is 63.2. The molecule has 29 heteroatoms. The number of aliphatic hydroxyl groups is 1. The van der Waals surface area contributed by atoms with Gasteiger partial charge in [-0.2, -0.15) is 15.8 Å². The van der Waals surface area contributed by atoms with E-state index in [1.807, 2.05) is 94.4 Å². The third kappa shape index (κ3) is 21.8. The Kier molecular flexibility index (Phi) is 33.1. The predicted octanol–water partition coefficient (Wildman–Crippen LogP) is 7.87. The van der Waals surface area contributed by atoms with Gasteiger partial charge in [0.15, 0.2) is 0 Å². The van der Waals surface area contributed by atoms with Crippen LogP contribution in [-0.4, -0.2) is 196 Å². The second kappa shape index (κ2) is 37.3. The molecule has 85 heavy (non-hydrogen) atoms. The summed E-state index contributed by atoms with van der Waals surface area (Å²) in [6.07, 6.45) is -3.04. The molecule has 6 rings (SSSR count). The summed E-state index contributed by atoms with van der Waals surface area (Å²) >= 11 is 0. The number of phosphoric acid groups is 2. The minimum absolute atomic E-state index is 0.00867. The van der Waals surface area contributed by atoms with Crippen molar-refractivity contribution in [2.45, 2.75) is 200 Å². The van der Waals surface area contributed by atoms with Crippen LogP contribution in [0.3, 0.4) is 0 Å². The molecule has 6 aliphatic heterocycles. The molecule has 0 bridgehead atoms. The Morgan fingerprint density at radius 1 is 0.435 bits per heavy atom. The highest BCUT2D eigenvalue weighted by atomic mass is 31.2. The van der Waals surface area contributed by atoms with Gasteiger partial charge < -0.3 is 70.9 Å². The second-order valence-electron chi connectivity index (χ2n) is 22.7. The van der Waals surface area contributed by atoms with E-state index >= 15 is 0 Å². The molecule has 0 aliphatic carbocycles. The highest BCUT2D eigenvalue weighted by Gasteiger charge is 2.50. The average molecular weight is 1270 g/mol. The minimum Gasteiger partial charge on any atom is -0.390 e. The van der Waals surface area contributed by atoms with E-state index in [0.29, 0.717) is 6.61 Å². The molecule has 488 valence electrons. The average Bonchev–Trinajstić information content (AvgIpc) is 4.43. The Balaban J connectivity index is 0.000000273. The van der Waals surface area contributed by atoms with Crippen LogP contribution < -0.4 is 0 Å². The molecule has 26 nitrogen and oxygen atoms in total. The number of nitriles is 3. The number of aldehydes is 2. The van der Waals surface area contributed by atoms with Crippen molar-refractivity contribution in [3.63, 3.8) is 0 Å². The van der Waals surface area contributed by atoms with Gasteiger partial charge in [0, 0.05) is 56.8 Å². The standard InChI is InChI=1S/C19H32NO8P.C19H32NO7P.C18H32NO8P/c1-12-14(3)26-17(16(12)9-21)11-25-29(22,24-8-6-7-20)28-19-13(2)15(4)27-18(19)10-23-5;1-12-14(3)25-17(16(12)9-21)11-24-28(23-8-6-7-20)27-19-13(2)15(4)26-18(19)10-22-5;1-11-13(3)25-15(17(11)20)10-24-28(21,23-8-6-7-19)27-18-12(2)14(4)26-16(18)9-22-5/h9,12-19H,6,8,10-11H2,1-5H3;9,12-19H,6,8,10-11H2,1-5H3;11-18,20H,6,8-10H2,1-5H3. The molecule has 6 heterocycles. The molecular weight excluding hydrogens is 1180 g/mol. The molecule has 0 radical (unpaired) electrons. The lowest BCUT2D eigenvalue weighted by atomic mass is 9.91. The van der Waals surface area contributed by atoms with E-state index < -0.39 is 67.0 Å². The number of methoxy groups -OCH3 is 3. The van der Waals surface area contributed by atoms with Crippen LogP contribution >= 0.6 is 24.2 Å². The summed E-state index contributed by atoms with van der Waals surface area (Å²) in [5, 5.41) is 36.5. The summed E-state index contributed by atoms with van der Waals surface area (Å²) < 4.78 is 128. The summed E-state index contributed by atoms with van der Waals surface area (Å²) in [5.41, 5.74) is 0. The first-order chi connectivity index (χ1) is 40.4. The molecule has 0 amide bonds. The Morgan fingerprint density at radius 3 is 1.16 bits per heavy atom. The van der Waals surface area contributed by atoms with Gasteiger partial charge in [-0.1, -0.05) is 41.5 Å². The quantitative estimate of drug-likeness (QED) is 0.0380. The molecule has 0 aromatic rings. The van der Waals surface area contributed by atoms with Crippen LogP contribution in [-0.2, 0) is 102 Å². The number of hydrogen-bond acceptors (Lipinski definition) is 26. The number of carbonyl (C=O) groups excluding carboxylic acids is 2. The lowest BCUT2D eigenvalue weighted by molar-refractivity contribution is -0.114. The molecule has 6 fully saturated rings. The molecule has 27 unspecified atom stereocenters. The van der Waals surface area contributed by atoms with Gasteiger partial charge in [0.2, 0.25) is 0 Å².